The molecular formula is C34H36F4N6O4. The highest BCUT2D eigenvalue weighted by atomic mass is 19.4. The van der Waals surface area contributed by atoms with E-state index >= 15 is 0 Å². The Bertz CT molecular complexity index is 1830. The zero-order valence-corrected chi connectivity index (χ0v) is 26.7. The number of alkyl halides is 3. The summed E-state index contributed by atoms with van der Waals surface area (Å²) in [4.78, 5) is 41.4. The minimum absolute atomic E-state index is 0.0606. The smallest absolute Gasteiger partial charge is 0.408 e. The van der Waals surface area contributed by atoms with E-state index in [0.29, 0.717) is 11.1 Å². The van der Waals surface area contributed by atoms with Gasteiger partial charge in [0.15, 0.2) is 5.82 Å². The van der Waals surface area contributed by atoms with Crippen LogP contribution in [0.3, 0.4) is 0 Å². The van der Waals surface area contributed by atoms with Gasteiger partial charge in [-0.05, 0) is 94.1 Å². The van der Waals surface area contributed by atoms with Crippen LogP contribution in [0.2, 0.25) is 0 Å². The molecule has 0 spiro atoms. The van der Waals surface area contributed by atoms with Crippen molar-refractivity contribution in [2.75, 3.05) is 33.9 Å². The second kappa shape index (κ2) is 13.9. The molecule has 1 saturated heterocycles. The second-order valence-corrected chi connectivity index (χ2v) is 12.5. The molecule has 1 aliphatic rings. The van der Waals surface area contributed by atoms with Crippen molar-refractivity contribution in [1.82, 2.24) is 9.78 Å². The number of carbonyl (C=O) groups excluding carboxylic acids is 3. The Morgan fingerprint density at radius 2 is 1.60 bits per heavy atom. The summed E-state index contributed by atoms with van der Waals surface area (Å²) < 4.78 is 59.9. The summed E-state index contributed by atoms with van der Waals surface area (Å²) >= 11 is 0. The summed E-state index contributed by atoms with van der Waals surface area (Å²) in [7, 11) is 0. The molecule has 0 bridgehead atoms. The lowest BCUT2D eigenvalue weighted by atomic mass is 10.1. The number of anilines is 4. The van der Waals surface area contributed by atoms with Gasteiger partial charge in [-0.25, -0.2) is 9.18 Å². The molecule has 3 aromatic carbocycles. The van der Waals surface area contributed by atoms with Gasteiger partial charge in [0.05, 0.1) is 23.3 Å². The Hall–Kier alpha value is -5.14. The molecule has 2 heterocycles. The van der Waals surface area contributed by atoms with E-state index in [1.165, 1.54) is 18.2 Å². The van der Waals surface area contributed by atoms with E-state index in [0.717, 1.165) is 49.2 Å². The number of fused-ring (bicyclic) bond motifs is 1. The summed E-state index contributed by atoms with van der Waals surface area (Å²) in [5.74, 6) is -1.83. The van der Waals surface area contributed by atoms with E-state index in [9.17, 15) is 31.9 Å². The number of urea groups is 1. The fourth-order valence-corrected chi connectivity index (χ4v) is 5.52. The third-order valence-corrected chi connectivity index (χ3v) is 7.49. The molecule has 0 radical (unpaired) electrons. The fraction of sp³-hybridized carbons (Fsp3) is 0.353. The average Bonchev–Trinajstić information content (AvgIpc) is 3.33. The molecule has 0 saturated carbocycles. The van der Waals surface area contributed by atoms with Gasteiger partial charge in [0.25, 0.3) is 5.91 Å². The Balaban J connectivity index is 1.40. The van der Waals surface area contributed by atoms with E-state index in [2.05, 4.69) is 25.9 Å². The van der Waals surface area contributed by atoms with Crippen LogP contribution in [0, 0.1) is 5.82 Å². The number of ether oxygens (including phenoxy) is 1. The van der Waals surface area contributed by atoms with Crippen molar-refractivity contribution in [3.05, 3.63) is 77.6 Å². The molecule has 0 atom stereocenters. The van der Waals surface area contributed by atoms with E-state index in [1.807, 2.05) is 0 Å². The number of carbonyl (C=O) groups is 3. The van der Waals surface area contributed by atoms with Gasteiger partial charge in [0.2, 0.25) is 0 Å². The first-order chi connectivity index (χ1) is 22.6. The molecule has 4 aromatic rings. The quantitative estimate of drug-likeness (QED) is 0.132. The minimum Gasteiger partial charge on any atom is -0.460 e. The van der Waals surface area contributed by atoms with Gasteiger partial charge in [0.1, 0.15) is 18.0 Å². The van der Waals surface area contributed by atoms with Gasteiger partial charge in [-0.3, -0.25) is 19.6 Å². The van der Waals surface area contributed by atoms with E-state index in [4.69, 9.17) is 4.74 Å². The summed E-state index contributed by atoms with van der Waals surface area (Å²) in [6.45, 7) is 5.24. The molecule has 0 unspecified atom stereocenters. The number of benzene rings is 3. The molecule has 14 heteroatoms. The first-order valence-electron chi connectivity index (χ1n) is 15.5. The molecule has 1 aromatic heterocycles. The van der Waals surface area contributed by atoms with Crippen LogP contribution in [0.25, 0.3) is 10.9 Å². The summed E-state index contributed by atoms with van der Waals surface area (Å²) in [5, 5.41) is 12.4. The van der Waals surface area contributed by atoms with Crippen LogP contribution >= 0.6 is 0 Å². The predicted molar refractivity (Wildman–Crippen MR) is 175 cm³/mol. The highest BCUT2D eigenvalue weighted by Crippen LogP contribution is 2.32. The topological polar surface area (TPSA) is 118 Å². The minimum atomic E-state index is -4.52. The van der Waals surface area contributed by atoms with Crippen LogP contribution in [0.15, 0.2) is 60.7 Å². The van der Waals surface area contributed by atoms with Crippen molar-refractivity contribution in [1.29, 1.82) is 0 Å². The third kappa shape index (κ3) is 8.81. The molecule has 10 nitrogen and oxygen atoms in total. The normalized spacial score (nSPS) is 13.7. The lowest BCUT2D eigenvalue weighted by Gasteiger charge is -2.30. The number of nitrogens with one attached hydrogen (secondary N) is 3. The molecule has 3 N–H and O–H groups in total. The summed E-state index contributed by atoms with van der Waals surface area (Å²) in [6, 6.07) is 13.9. The Morgan fingerprint density at radius 1 is 0.875 bits per heavy atom. The van der Waals surface area contributed by atoms with Crippen LogP contribution in [0.5, 0.6) is 0 Å². The van der Waals surface area contributed by atoms with E-state index in [1.54, 1.807) is 51.1 Å². The SMILES string of the molecule is CC(C)(C)OC(=O)Cc1cc(F)ccc1NC(=O)c1ccc(N2CCCCC2)c(NC(=O)Nc2nn(CC(F)(F)F)c3ccccc23)c1. The maximum absolute atomic E-state index is 14.1. The Morgan fingerprint density at radius 3 is 2.31 bits per heavy atom. The van der Waals surface area contributed by atoms with Gasteiger partial charge in [-0.15, -0.1) is 0 Å². The van der Waals surface area contributed by atoms with Crippen molar-refractivity contribution in [2.24, 2.45) is 0 Å². The van der Waals surface area contributed by atoms with E-state index < -0.39 is 42.0 Å². The molecular weight excluding hydrogens is 632 g/mol. The maximum atomic E-state index is 14.1. The predicted octanol–water partition coefficient (Wildman–Crippen LogP) is 7.51. The summed E-state index contributed by atoms with van der Waals surface area (Å²) in [5.41, 5.74) is 0.965. The number of piperidine rings is 1. The number of halogens is 4. The van der Waals surface area contributed by atoms with Crippen LogP contribution in [0.1, 0.15) is 56.0 Å². The molecule has 1 fully saturated rings. The fourth-order valence-electron chi connectivity index (χ4n) is 5.52. The van der Waals surface area contributed by atoms with Gasteiger partial charge >= 0.3 is 18.2 Å². The zero-order valence-electron chi connectivity index (χ0n) is 26.7. The lowest BCUT2D eigenvalue weighted by molar-refractivity contribution is -0.154. The van der Waals surface area contributed by atoms with Gasteiger partial charge in [-0.1, -0.05) is 12.1 Å². The third-order valence-electron chi connectivity index (χ3n) is 7.49. The number of hydrogen-bond acceptors (Lipinski definition) is 6. The van der Waals surface area contributed by atoms with Crippen LogP contribution in [-0.4, -0.2) is 52.6 Å². The highest BCUT2D eigenvalue weighted by Gasteiger charge is 2.30. The Kier molecular flexibility index (Phi) is 9.92. The molecule has 5 rings (SSSR count). The largest absolute Gasteiger partial charge is 0.460 e. The number of rotatable bonds is 8. The summed E-state index contributed by atoms with van der Waals surface area (Å²) in [6.07, 6.45) is -1.89. The highest BCUT2D eigenvalue weighted by molar-refractivity contribution is 6.09. The number of esters is 1. The number of aromatic nitrogens is 2. The van der Waals surface area contributed by atoms with Crippen molar-refractivity contribution in [3.63, 3.8) is 0 Å². The second-order valence-electron chi connectivity index (χ2n) is 12.5. The number of para-hydroxylation sites is 1. The van der Waals surface area contributed by atoms with Gasteiger partial charge in [0, 0.05) is 29.7 Å². The van der Waals surface area contributed by atoms with Crippen molar-refractivity contribution < 1.29 is 36.7 Å². The lowest BCUT2D eigenvalue weighted by Crippen LogP contribution is -2.31. The van der Waals surface area contributed by atoms with Gasteiger partial charge < -0.3 is 20.3 Å². The average molecular weight is 669 g/mol. The van der Waals surface area contributed by atoms with Crippen molar-refractivity contribution in [3.8, 4) is 0 Å². The molecule has 48 heavy (non-hydrogen) atoms. The Labute approximate surface area is 274 Å². The van der Waals surface area contributed by atoms with Crippen LogP contribution < -0.4 is 20.9 Å². The number of amides is 3. The molecule has 1 aliphatic heterocycles. The number of hydrogen-bond donors (Lipinski definition) is 3. The van der Waals surface area contributed by atoms with Crippen LogP contribution in [0.4, 0.5) is 45.2 Å². The molecule has 254 valence electrons. The monoisotopic (exact) mass is 668 g/mol. The number of nitrogens with zero attached hydrogens (tertiary/aromatic N) is 3. The first-order valence-corrected chi connectivity index (χ1v) is 15.5. The van der Waals surface area contributed by atoms with E-state index in [-0.39, 0.29) is 40.3 Å². The van der Waals surface area contributed by atoms with Crippen molar-refractivity contribution in [2.45, 2.75) is 64.8 Å². The van der Waals surface area contributed by atoms with Crippen LogP contribution in [-0.2, 0) is 22.5 Å². The molecule has 0 aliphatic carbocycles. The van der Waals surface area contributed by atoms with Gasteiger partial charge in [-0.2, -0.15) is 18.3 Å². The standard InChI is InChI=1S/C34H36F4N6O4/c1-33(2,3)48-29(45)19-22-17-23(35)12-13-25(22)39-31(46)21-11-14-28(43-15-7-4-8-16-43)26(18-21)40-32(47)41-30-24-9-5-6-10-27(24)44(42-30)20-34(36,37)38/h5-6,9-14,17-18H,4,7-8,15-16,19-20H2,1-3H3,(H,39,46)(H2,40,41,42,47). The zero-order chi connectivity index (χ0) is 34.6. The van der Waals surface area contributed by atoms with Crippen molar-refractivity contribution >= 4 is 51.7 Å². The molecule has 3 amide bonds. The first kappa shape index (κ1) is 34.2. The maximum Gasteiger partial charge on any atom is 0.408 e.